The van der Waals surface area contributed by atoms with E-state index in [2.05, 4.69) is 30.5 Å². The van der Waals surface area contributed by atoms with Crippen LogP contribution in [0.25, 0.3) is 33.5 Å². The molecule has 1 amide bonds. The lowest BCUT2D eigenvalue weighted by Crippen LogP contribution is -2.13. The van der Waals surface area contributed by atoms with Crippen molar-refractivity contribution in [3.8, 4) is 11.5 Å². The number of hydrogen-bond acceptors (Lipinski definition) is 4. The van der Waals surface area contributed by atoms with Crippen molar-refractivity contribution in [2.24, 2.45) is 0 Å². The first-order valence-corrected chi connectivity index (χ1v) is 8.43. The highest BCUT2D eigenvalue weighted by atomic mass is 16.1. The van der Waals surface area contributed by atoms with E-state index in [-0.39, 0.29) is 5.91 Å². The van der Waals surface area contributed by atoms with E-state index in [1.165, 1.54) is 0 Å². The number of anilines is 1. The van der Waals surface area contributed by atoms with Gasteiger partial charge in [0, 0.05) is 11.6 Å². The number of H-pyrrole nitrogens is 2. The Balaban J connectivity index is 1.51. The first kappa shape index (κ1) is 15.3. The molecule has 0 spiro atoms. The van der Waals surface area contributed by atoms with Crippen molar-refractivity contribution >= 4 is 33.5 Å². The summed E-state index contributed by atoms with van der Waals surface area (Å²) < 4.78 is 0. The van der Waals surface area contributed by atoms with Crippen LogP contribution in [0.5, 0.6) is 0 Å². The first-order valence-electron chi connectivity index (χ1n) is 8.43. The van der Waals surface area contributed by atoms with Gasteiger partial charge in [-0.05, 0) is 24.3 Å². The fourth-order valence-electron chi connectivity index (χ4n) is 3.11. The number of nitrogens with one attached hydrogen (secondary N) is 3. The highest BCUT2D eigenvalue weighted by Gasteiger charge is 2.17. The van der Waals surface area contributed by atoms with E-state index < -0.39 is 0 Å². The first-order chi connectivity index (χ1) is 13.3. The van der Waals surface area contributed by atoms with Gasteiger partial charge in [0.15, 0.2) is 5.82 Å². The van der Waals surface area contributed by atoms with Gasteiger partial charge < -0.3 is 10.3 Å². The fraction of sp³-hybridized carbons (Fsp3) is 0. The third kappa shape index (κ3) is 2.62. The maximum atomic E-state index is 12.9. The van der Waals surface area contributed by atoms with Gasteiger partial charge in [-0.3, -0.25) is 14.9 Å². The van der Waals surface area contributed by atoms with Crippen LogP contribution < -0.4 is 5.32 Å². The number of amides is 1. The van der Waals surface area contributed by atoms with Crippen molar-refractivity contribution in [1.29, 1.82) is 0 Å². The Kier molecular flexibility index (Phi) is 3.43. The number of carbonyl (C=O) groups excluding carboxylic acids is 1. The minimum absolute atomic E-state index is 0.252. The van der Waals surface area contributed by atoms with Gasteiger partial charge in [-0.2, -0.15) is 5.10 Å². The SMILES string of the molecule is O=C(Nc1cn[nH]c1-c1nc2ccccc2[nH]1)c1cccc2cccnc12. The Morgan fingerprint density at radius 2 is 1.89 bits per heavy atom. The van der Waals surface area contributed by atoms with Crippen LogP contribution >= 0.6 is 0 Å². The monoisotopic (exact) mass is 354 g/mol. The molecule has 0 fully saturated rings. The number of benzene rings is 2. The number of aromatic amines is 2. The third-order valence-electron chi connectivity index (χ3n) is 4.39. The maximum absolute atomic E-state index is 12.9. The minimum atomic E-state index is -0.252. The van der Waals surface area contributed by atoms with Gasteiger partial charge in [-0.1, -0.05) is 30.3 Å². The molecule has 27 heavy (non-hydrogen) atoms. The molecule has 0 saturated heterocycles. The molecule has 7 heteroatoms. The van der Waals surface area contributed by atoms with Crippen LogP contribution in [0.2, 0.25) is 0 Å². The zero-order valence-electron chi connectivity index (χ0n) is 14.1. The van der Waals surface area contributed by atoms with Gasteiger partial charge in [0.1, 0.15) is 5.69 Å². The number of nitrogens with zero attached hydrogens (tertiary/aromatic N) is 3. The summed E-state index contributed by atoms with van der Waals surface area (Å²) in [6.45, 7) is 0. The van der Waals surface area contributed by atoms with Crippen LogP contribution in [0, 0.1) is 0 Å². The number of hydrogen-bond donors (Lipinski definition) is 3. The largest absolute Gasteiger partial charge is 0.337 e. The molecule has 130 valence electrons. The van der Waals surface area contributed by atoms with Crippen LogP contribution in [0.4, 0.5) is 5.69 Å². The smallest absolute Gasteiger partial charge is 0.257 e. The molecule has 5 aromatic rings. The molecule has 0 atom stereocenters. The summed E-state index contributed by atoms with van der Waals surface area (Å²) >= 11 is 0. The highest BCUT2D eigenvalue weighted by Crippen LogP contribution is 2.26. The summed E-state index contributed by atoms with van der Waals surface area (Å²) in [5.74, 6) is 0.359. The molecule has 0 radical (unpaired) electrons. The van der Waals surface area contributed by atoms with Gasteiger partial charge in [-0.15, -0.1) is 0 Å². The molecule has 0 saturated carbocycles. The molecule has 0 aliphatic heterocycles. The second-order valence-corrected chi connectivity index (χ2v) is 6.10. The van der Waals surface area contributed by atoms with Crippen molar-refractivity contribution in [3.63, 3.8) is 0 Å². The number of pyridine rings is 1. The summed E-state index contributed by atoms with van der Waals surface area (Å²) in [6, 6.07) is 17.0. The number of rotatable bonds is 3. The van der Waals surface area contributed by atoms with Crippen LogP contribution in [0.3, 0.4) is 0 Å². The molecule has 0 aliphatic rings. The van der Waals surface area contributed by atoms with Crippen molar-refractivity contribution in [1.82, 2.24) is 25.1 Å². The standard InChI is InChI=1S/C20H14N6O/c27-20(13-7-3-5-12-6-4-10-21-17(12)13)25-16-11-22-26-18(16)19-23-14-8-1-2-9-15(14)24-19/h1-11H,(H,22,26)(H,23,24)(H,25,27). The zero-order valence-corrected chi connectivity index (χ0v) is 14.1. The van der Waals surface area contributed by atoms with Crippen LogP contribution in [0.1, 0.15) is 10.4 Å². The lowest BCUT2D eigenvalue weighted by Gasteiger charge is -2.07. The molecule has 7 nitrogen and oxygen atoms in total. The summed E-state index contributed by atoms with van der Waals surface area (Å²) in [7, 11) is 0. The zero-order chi connectivity index (χ0) is 18.2. The number of para-hydroxylation sites is 3. The topological polar surface area (TPSA) is 99.4 Å². The molecule has 3 N–H and O–H groups in total. The number of carbonyl (C=O) groups is 1. The second-order valence-electron chi connectivity index (χ2n) is 6.10. The normalized spacial score (nSPS) is 11.1. The molecule has 0 aliphatic carbocycles. The Bertz CT molecular complexity index is 1250. The second kappa shape index (κ2) is 6.06. The molecule has 2 aromatic carbocycles. The average Bonchev–Trinajstić information content (AvgIpc) is 3.33. The Hall–Kier alpha value is -4.00. The number of imidazole rings is 1. The van der Waals surface area contributed by atoms with E-state index in [0.717, 1.165) is 16.4 Å². The Labute approximate surface area is 153 Å². The number of fused-ring (bicyclic) bond motifs is 2. The fourth-order valence-corrected chi connectivity index (χ4v) is 3.11. The van der Waals surface area contributed by atoms with E-state index >= 15 is 0 Å². The average molecular weight is 354 g/mol. The summed E-state index contributed by atoms with van der Waals surface area (Å²) in [5, 5.41) is 10.8. The van der Waals surface area contributed by atoms with Gasteiger partial charge in [0.2, 0.25) is 0 Å². The molecular weight excluding hydrogens is 340 g/mol. The summed E-state index contributed by atoms with van der Waals surface area (Å²) in [6.07, 6.45) is 3.25. The lowest BCUT2D eigenvalue weighted by molar-refractivity contribution is 0.102. The lowest BCUT2D eigenvalue weighted by atomic mass is 10.1. The quantitative estimate of drug-likeness (QED) is 0.459. The van der Waals surface area contributed by atoms with E-state index in [9.17, 15) is 4.79 Å². The van der Waals surface area contributed by atoms with Crippen LogP contribution in [-0.2, 0) is 0 Å². The Morgan fingerprint density at radius 1 is 1.00 bits per heavy atom. The summed E-state index contributed by atoms with van der Waals surface area (Å²) in [5.41, 5.74) is 4.09. The highest BCUT2D eigenvalue weighted by molar-refractivity contribution is 6.12. The predicted octanol–water partition coefficient (Wildman–Crippen LogP) is 3.75. The van der Waals surface area contributed by atoms with Gasteiger partial charge in [0.05, 0.1) is 34.0 Å². The van der Waals surface area contributed by atoms with E-state index in [1.54, 1.807) is 18.5 Å². The molecule has 0 unspecified atom stereocenters. The minimum Gasteiger partial charge on any atom is -0.337 e. The van der Waals surface area contributed by atoms with Crippen LogP contribution in [-0.4, -0.2) is 31.1 Å². The third-order valence-corrected chi connectivity index (χ3v) is 4.39. The molecule has 3 heterocycles. The van der Waals surface area contributed by atoms with Crippen molar-refractivity contribution in [3.05, 3.63) is 72.6 Å². The van der Waals surface area contributed by atoms with Gasteiger partial charge >= 0.3 is 0 Å². The number of aromatic nitrogens is 5. The van der Waals surface area contributed by atoms with E-state index in [4.69, 9.17) is 0 Å². The predicted molar refractivity (Wildman–Crippen MR) is 103 cm³/mol. The van der Waals surface area contributed by atoms with Crippen LogP contribution in [0.15, 0.2) is 67.0 Å². The van der Waals surface area contributed by atoms with Crippen molar-refractivity contribution in [2.75, 3.05) is 5.32 Å². The summed E-state index contributed by atoms with van der Waals surface area (Å²) in [4.78, 5) is 25.0. The van der Waals surface area contributed by atoms with E-state index in [0.29, 0.717) is 28.3 Å². The Morgan fingerprint density at radius 3 is 2.81 bits per heavy atom. The molecule has 0 bridgehead atoms. The van der Waals surface area contributed by atoms with Crippen molar-refractivity contribution < 1.29 is 4.79 Å². The maximum Gasteiger partial charge on any atom is 0.257 e. The molecule has 3 aromatic heterocycles. The molecule has 5 rings (SSSR count). The van der Waals surface area contributed by atoms with E-state index in [1.807, 2.05) is 48.5 Å². The molecular formula is C20H14N6O. The van der Waals surface area contributed by atoms with Crippen molar-refractivity contribution in [2.45, 2.75) is 0 Å². The van der Waals surface area contributed by atoms with Gasteiger partial charge in [0.25, 0.3) is 5.91 Å². The van der Waals surface area contributed by atoms with Gasteiger partial charge in [-0.25, -0.2) is 4.98 Å².